The zero-order valence-corrected chi connectivity index (χ0v) is 76.6. The van der Waals surface area contributed by atoms with E-state index in [9.17, 15) is 26.3 Å². The van der Waals surface area contributed by atoms with E-state index in [1.807, 2.05) is 212 Å². The molecule has 18 heteroatoms. The predicted molar refractivity (Wildman–Crippen MR) is 575 cm³/mol. The van der Waals surface area contributed by atoms with Crippen LogP contribution in [0.2, 0.25) is 0 Å². The third kappa shape index (κ3) is 14.5. The third-order valence-corrected chi connectivity index (χ3v) is 26.9. The minimum absolute atomic E-state index is 0.561. The second-order valence-corrected chi connectivity index (χ2v) is 35.1. The smallest absolute Gasteiger partial charge is 0.196 e. The zero-order valence-electron chi connectivity index (χ0n) is 76.6. The van der Waals surface area contributed by atoms with Crippen LogP contribution in [0.25, 0.3) is 238 Å². The first kappa shape index (κ1) is 84.7. The van der Waals surface area contributed by atoms with E-state index in [1.165, 1.54) is 0 Å². The number of fused-ring (bicyclic) bond motifs is 18. The van der Waals surface area contributed by atoms with Gasteiger partial charge in [-0.2, -0.15) is 26.3 Å². The van der Waals surface area contributed by atoms with Crippen LogP contribution in [0.1, 0.15) is 27.8 Å². The van der Waals surface area contributed by atoms with Gasteiger partial charge < -0.3 is 0 Å². The van der Waals surface area contributed by atoms with E-state index < -0.39 is 0 Å². The number of hydrogen-bond donors (Lipinski definition) is 0. The third-order valence-electron chi connectivity index (χ3n) is 26.9. The van der Waals surface area contributed by atoms with Gasteiger partial charge in [-0.25, -0.2) is 34.7 Å². The van der Waals surface area contributed by atoms with Gasteiger partial charge in [0.2, 0.25) is 0 Å². The molecule has 0 spiro atoms. The fourth-order valence-corrected chi connectivity index (χ4v) is 20.5. The van der Waals surface area contributed by atoms with Crippen LogP contribution >= 0.6 is 0 Å². The molecule has 12 aromatic heterocycles. The van der Waals surface area contributed by atoms with Gasteiger partial charge in [-0.1, -0.05) is 231 Å². The molecule has 144 heavy (non-hydrogen) atoms. The molecule has 27 aromatic rings. The molecule has 0 saturated heterocycles. The van der Waals surface area contributed by atoms with Crippen LogP contribution in [-0.2, 0) is 0 Å². The SMILES string of the molecule is N#Cc1ccc(-c2cccc(-c3cc(-n4c5ccccc5c5ccccc54)nc(-n4c5ccccc5c5cc(C#N)ccc54)c3)n2)cc1.N#Cc1cccc(-c2cccc(-c3cc(-n4c5ccccc5c5ccccc54)nc(-n4c5ccccc5c5cc(C#N)ccc54)c3)n2)c1.[C-]#[N+]c1ccccc1-c1cccc(-c2cc(-n3c4ccccc4c4ccccc43)nc(-n3c4ccccc4c4cc(C#N)ccc43)c2)n1. The first-order valence-corrected chi connectivity index (χ1v) is 46.8. The minimum Gasteiger partial charge on any atom is -0.294 e. The Balaban J connectivity index is 0.000000113. The first-order valence-electron chi connectivity index (χ1n) is 46.8. The van der Waals surface area contributed by atoms with Crippen molar-refractivity contribution in [3.8, 4) is 133 Å². The molecule has 15 aromatic carbocycles. The topological polar surface area (TPSA) is 230 Å². The first-order chi connectivity index (χ1) is 71.1. The molecule has 0 aliphatic carbocycles. The number of rotatable bonds is 12. The van der Waals surface area contributed by atoms with E-state index in [-0.39, 0.29) is 0 Å². The van der Waals surface area contributed by atoms with Gasteiger partial charge in [-0.15, -0.1) is 0 Å². The summed E-state index contributed by atoms with van der Waals surface area (Å²) in [5.41, 5.74) is 25.8. The molecule has 0 atom stereocenters. The molecule has 0 bridgehead atoms. The van der Waals surface area contributed by atoms with Gasteiger partial charge in [-0.05, 0) is 206 Å². The fourth-order valence-electron chi connectivity index (χ4n) is 20.5. The Labute approximate surface area is 823 Å². The molecule has 18 nitrogen and oxygen atoms in total. The Hall–Kier alpha value is -21.1. The summed E-state index contributed by atoms with van der Waals surface area (Å²) in [5.74, 6) is 4.50. The Bertz CT molecular complexity index is 10100. The molecule has 0 N–H and O–H groups in total. The lowest BCUT2D eigenvalue weighted by atomic mass is 10.1. The highest BCUT2D eigenvalue weighted by molar-refractivity contribution is 6.15. The average molecular weight is 1840 g/mol. The molecule has 0 unspecified atom stereocenters. The molecular formula is C126H72N18. The van der Waals surface area contributed by atoms with Crippen LogP contribution in [0.5, 0.6) is 0 Å². The Morgan fingerprint density at radius 3 is 0.701 bits per heavy atom. The van der Waals surface area contributed by atoms with Crippen LogP contribution in [0.4, 0.5) is 5.69 Å². The van der Waals surface area contributed by atoms with Gasteiger partial charge in [0.15, 0.2) is 5.69 Å². The van der Waals surface area contributed by atoms with Crippen molar-refractivity contribution in [1.29, 1.82) is 26.3 Å². The number of hydrogen-bond acceptors (Lipinski definition) is 11. The Morgan fingerprint density at radius 1 is 0.174 bits per heavy atom. The van der Waals surface area contributed by atoms with Crippen molar-refractivity contribution in [3.05, 3.63) is 476 Å². The van der Waals surface area contributed by atoms with E-state index in [2.05, 4.69) is 281 Å². The minimum atomic E-state index is 0.561. The van der Waals surface area contributed by atoms with Gasteiger partial charge in [-0.3, -0.25) is 27.4 Å². The van der Waals surface area contributed by atoms with Crippen molar-refractivity contribution < 1.29 is 0 Å². The van der Waals surface area contributed by atoms with Crippen molar-refractivity contribution in [2.75, 3.05) is 0 Å². The highest BCUT2D eigenvalue weighted by Gasteiger charge is 2.26. The van der Waals surface area contributed by atoms with Crippen molar-refractivity contribution in [1.82, 2.24) is 57.3 Å². The standard InChI is InChI=1S/3C42H24N6/c1-44-35-15-6-2-14-32(35)36-17-10-16-34(45-36)28-24-41(47-37-18-7-3-11-29(37)30-12-4-8-19-38(30)47)46-42(25-28)48-39-20-9-5-13-31(39)33-23-27(26-43)21-22-40(33)48;43-25-27-9-7-10-29(21-27)35-14-8-15-36(45-35)30-23-41(47-37-16-4-1-11-31(37)32-12-2-5-17-38(32)47)46-42(24-30)48-39-18-6-3-13-33(39)34-22-28(26-44)19-20-40(34)48;43-25-27-16-19-29(20-17-27)35-11-7-12-36(45-35)30-23-41(47-37-13-4-1-8-31(37)32-9-2-5-14-38(32)47)46-42(24-30)48-39-15-6-3-10-33(39)34-22-28(26-44)18-21-40(34)48/h2-25H;2*1-24H. The molecule has 0 aliphatic heterocycles. The normalized spacial score (nSPS) is 11.3. The molecule has 666 valence electrons. The second kappa shape index (κ2) is 35.2. The van der Waals surface area contributed by atoms with E-state index in [0.717, 1.165) is 233 Å². The Morgan fingerprint density at radius 2 is 0.403 bits per heavy atom. The van der Waals surface area contributed by atoms with Crippen LogP contribution in [0.15, 0.2) is 437 Å². The molecule has 0 amide bonds. The number of para-hydroxylation sites is 10. The lowest BCUT2D eigenvalue weighted by molar-refractivity contribution is 1.01. The van der Waals surface area contributed by atoms with Crippen LogP contribution < -0.4 is 0 Å². The molecular weight excluding hydrogens is 1770 g/mol. The molecule has 0 fully saturated rings. The highest BCUT2D eigenvalue weighted by atomic mass is 15.2. The maximum atomic E-state index is 9.71. The van der Waals surface area contributed by atoms with Crippen LogP contribution in [0, 0.1) is 63.2 Å². The summed E-state index contributed by atoms with van der Waals surface area (Å²) in [6.45, 7) is 7.72. The van der Waals surface area contributed by atoms with Gasteiger partial charge in [0.25, 0.3) is 0 Å². The van der Waals surface area contributed by atoms with Crippen LogP contribution in [-0.4, -0.2) is 57.3 Å². The number of nitrogens with zero attached hydrogens (tertiary/aromatic N) is 18. The summed E-state index contributed by atoms with van der Waals surface area (Å²) in [4.78, 5) is 35.3. The number of aromatic nitrogens is 12. The monoisotopic (exact) mass is 1840 g/mol. The number of benzene rings is 15. The zero-order chi connectivity index (χ0) is 96.6. The second-order valence-electron chi connectivity index (χ2n) is 35.1. The predicted octanol–water partition coefficient (Wildman–Crippen LogP) is 29.9. The molecule has 27 rings (SSSR count). The highest BCUT2D eigenvalue weighted by Crippen LogP contribution is 2.44. The Kier molecular flexibility index (Phi) is 20.7. The summed E-state index contributed by atoms with van der Waals surface area (Å²) in [6.07, 6.45) is 0. The lowest BCUT2D eigenvalue weighted by Gasteiger charge is -2.15. The van der Waals surface area contributed by atoms with E-state index in [4.69, 9.17) is 36.5 Å². The van der Waals surface area contributed by atoms with Gasteiger partial charge in [0.1, 0.15) is 34.9 Å². The summed E-state index contributed by atoms with van der Waals surface area (Å²) < 4.78 is 13.2. The summed E-state index contributed by atoms with van der Waals surface area (Å²) in [6, 6.07) is 157. The van der Waals surface area contributed by atoms with Crippen molar-refractivity contribution in [2.24, 2.45) is 0 Å². The summed E-state index contributed by atoms with van der Waals surface area (Å²) in [5, 5.41) is 61.0. The van der Waals surface area contributed by atoms with Crippen LogP contribution in [0.3, 0.4) is 0 Å². The molecule has 12 heterocycles. The largest absolute Gasteiger partial charge is 0.294 e. The van der Waals surface area contributed by atoms with E-state index in [0.29, 0.717) is 33.5 Å². The quantitative estimate of drug-likeness (QED) is 0.104. The van der Waals surface area contributed by atoms with E-state index in [1.54, 1.807) is 6.07 Å². The summed E-state index contributed by atoms with van der Waals surface area (Å²) in [7, 11) is 0. The lowest BCUT2D eigenvalue weighted by Crippen LogP contribution is -2.05. The number of nitriles is 5. The number of pyridine rings is 6. The molecule has 0 saturated carbocycles. The van der Waals surface area contributed by atoms with Gasteiger partial charge in [0.05, 0.1) is 165 Å². The maximum absolute atomic E-state index is 9.71. The molecule has 0 aliphatic rings. The van der Waals surface area contributed by atoms with Gasteiger partial charge in [0, 0.05) is 98.0 Å². The summed E-state index contributed by atoms with van der Waals surface area (Å²) >= 11 is 0. The van der Waals surface area contributed by atoms with E-state index >= 15 is 0 Å². The fraction of sp³-hybridized carbons (Fsp3) is 0. The maximum Gasteiger partial charge on any atom is 0.196 e. The van der Waals surface area contributed by atoms with Crippen molar-refractivity contribution >= 4 is 137 Å². The van der Waals surface area contributed by atoms with Gasteiger partial charge >= 0.3 is 0 Å². The van der Waals surface area contributed by atoms with Crippen molar-refractivity contribution in [2.45, 2.75) is 0 Å². The average Bonchev–Trinajstić information content (AvgIpc) is 1.59. The van der Waals surface area contributed by atoms with Crippen molar-refractivity contribution in [3.63, 3.8) is 0 Å². The molecule has 0 radical (unpaired) electrons.